The van der Waals surface area contributed by atoms with E-state index in [9.17, 15) is 35.9 Å². The standard InChI is InChI=1S/C5H12N2.C4F6O2/c1-7-4-2-6-3-5-7;5-3(6,7)1(11)2(12)4(8,9)10/h6H,2-5H2,1H3;/i6+1;. The van der Waals surface area contributed by atoms with E-state index in [1.807, 2.05) is 0 Å². The molecule has 19 heavy (non-hydrogen) atoms. The van der Waals surface area contributed by atoms with Gasteiger partial charge in [-0.05, 0) is 7.05 Å². The minimum Gasteiger partial charge on any atom is -0.314 e. The summed E-state index contributed by atoms with van der Waals surface area (Å²) in [4.78, 5) is 21.6. The van der Waals surface area contributed by atoms with E-state index in [2.05, 4.69) is 17.3 Å². The van der Waals surface area contributed by atoms with Gasteiger partial charge in [0.1, 0.15) is 0 Å². The van der Waals surface area contributed by atoms with Gasteiger partial charge in [0.2, 0.25) is 0 Å². The van der Waals surface area contributed by atoms with Crippen molar-refractivity contribution in [1.29, 1.82) is 0 Å². The summed E-state index contributed by atoms with van der Waals surface area (Å²) in [7, 11) is 2.15. The smallest absolute Gasteiger partial charge is 0.314 e. The quantitative estimate of drug-likeness (QED) is 0.441. The second kappa shape index (κ2) is 6.85. The van der Waals surface area contributed by atoms with Crippen molar-refractivity contribution in [3.8, 4) is 0 Å². The summed E-state index contributed by atoms with van der Waals surface area (Å²) >= 11 is 0. The number of carbonyl (C=O) groups excluding carboxylic acids is 2. The first-order valence-electron chi connectivity index (χ1n) is 5.08. The van der Waals surface area contributed by atoms with Crippen molar-refractivity contribution in [2.24, 2.45) is 0 Å². The maximum Gasteiger partial charge on any atom is 0.458 e. The van der Waals surface area contributed by atoms with Gasteiger partial charge in [-0.2, -0.15) is 26.3 Å². The molecule has 0 unspecified atom stereocenters. The van der Waals surface area contributed by atoms with Crippen molar-refractivity contribution in [2.75, 3.05) is 33.2 Å². The lowest BCUT2D eigenvalue weighted by molar-refractivity contribution is -0.193. The van der Waals surface area contributed by atoms with Crippen molar-refractivity contribution in [3.05, 3.63) is 0 Å². The first-order chi connectivity index (χ1) is 8.46. The van der Waals surface area contributed by atoms with Crippen molar-refractivity contribution < 1.29 is 35.9 Å². The van der Waals surface area contributed by atoms with Gasteiger partial charge in [-0.25, -0.2) is 0 Å². The number of Topliss-reactive ketones (excluding diaryl/α,β-unsaturated/α-hetero) is 2. The van der Waals surface area contributed by atoms with Crippen LogP contribution in [-0.2, 0) is 9.59 Å². The highest BCUT2D eigenvalue weighted by Gasteiger charge is 2.54. The van der Waals surface area contributed by atoms with Crippen molar-refractivity contribution in [1.82, 2.24) is 10.2 Å². The number of hydrogen-bond acceptors (Lipinski definition) is 4. The van der Waals surface area contributed by atoms with Gasteiger partial charge >= 0.3 is 23.9 Å². The Morgan fingerprint density at radius 3 is 1.37 bits per heavy atom. The molecule has 10 heteroatoms. The van der Waals surface area contributed by atoms with Gasteiger partial charge in [-0.1, -0.05) is 0 Å². The zero-order valence-corrected chi connectivity index (χ0v) is 9.86. The van der Waals surface area contributed by atoms with E-state index in [4.69, 9.17) is 0 Å². The van der Waals surface area contributed by atoms with Crippen LogP contribution in [0.2, 0.25) is 0 Å². The zero-order valence-electron chi connectivity index (χ0n) is 9.86. The molecule has 1 aliphatic rings. The maximum atomic E-state index is 11.2. The summed E-state index contributed by atoms with van der Waals surface area (Å²) in [5.74, 6) is -6.81. The maximum absolute atomic E-state index is 11.2. The second-order valence-corrected chi connectivity index (χ2v) is 3.71. The molecule has 0 aromatic heterocycles. The van der Waals surface area contributed by atoms with Crippen LogP contribution in [-0.4, -0.2) is 62.0 Å². The molecule has 0 aromatic rings. The Labute approximate surface area is 104 Å². The lowest BCUT2D eigenvalue weighted by Gasteiger charge is -2.21. The molecule has 112 valence electrons. The molecule has 1 N–H and O–H groups in total. The average molecular weight is 295 g/mol. The Hall–Kier alpha value is -1.16. The number of nitrogens with zero attached hydrogens (tertiary/aromatic N) is 1. The van der Waals surface area contributed by atoms with Crippen molar-refractivity contribution >= 4 is 11.6 Å². The monoisotopic (exact) mass is 295 g/mol. The van der Waals surface area contributed by atoms with Gasteiger partial charge in [0.15, 0.2) is 0 Å². The summed E-state index contributed by atoms with van der Waals surface area (Å²) in [5.41, 5.74) is 0. The van der Waals surface area contributed by atoms with Crippen LogP contribution in [0.15, 0.2) is 0 Å². The second-order valence-electron chi connectivity index (χ2n) is 3.71. The third-order valence-electron chi connectivity index (χ3n) is 2.06. The average Bonchev–Trinajstić information content (AvgIpc) is 2.26. The first-order valence-corrected chi connectivity index (χ1v) is 5.08. The predicted molar refractivity (Wildman–Crippen MR) is 52.5 cm³/mol. The molecule has 1 heterocycles. The molecule has 0 spiro atoms. The molecule has 0 aromatic carbocycles. The minimum atomic E-state index is -5.77. The number of alkyl halides is 6. The Bertz CT molecular complexity index is 296. The number of halogens is 6. The van der Waals surface area contributed by atoms with Gasteiger partial charge in [-0.3, -0.25) is 9.59 Å². The van der Waals surface area contributed by atoms with Gasteiger partial charge < -0.3 is 10.2 Å². The molecular formula is C9H12F6N2O2. The Morgan fingerprint density at radius 1 is 0.895 bits per heavy atom. The van der Waals surface area contributed by atoms with Crippen molar-refractivity contribution in [3.63, 3.8) is 0 Å². The molecule has 1 rings (SSSR count). The Morgan fingerprint density at radius 2 is 1.21 bits per heavy atom. The van der Waals surface area contributed by atoms with Gasteiger partial charge in [0.05, 0.1) is 0 Å². The van der Waals surface area contributed by atoms with E-state index in [1.165, 1.54) is 13.1 Å². The molecule has 0 aliphatic carbocycles. The lowest BCUT2D eigenvalue weighted by atomic mass is 10.2. The number of likely N-dealkylation sites (N-methyl/N-ethyl adjacent to an activating group) is 1. The van der Waals surface area contributed by atoms with E-state index in [-0.39, 0.29) is 0 Å². The van der Waals surface area contributed by atoms with Crippen LogP contribution >= 0.6 is 0 Å². The van der Waals surface area contributed by atoms with E-state index in [0.717, 1.165) is 13.1 Å². The number of ketones is 2. The number of carbonyl (C=O) groups is 2. The van der Waals surface area contributed by atoms with Gasteiger partial charge in [0, 0.05) is 26.2 Å². The normalized spacial score (nSPS) is 17.4. The fourth-order valence-corrected chi connectivity index (χ4v) is 1.03. The van der Waals surface area contributed by atoms with E-state index < -0.39 is 23.9 Å². The molecular weight excluding hydrogens is 283 g/mol. The Kier molecular flexibility index (Phi) is 6.43. The van der Waals surface area contributed by atoms with Crippen LogP contribution in [0.25, 0.3) is 0 Å². The molecule has 0 saturated carbocycles. The molecule has 0 amide bonds. The lowest BCUT2D eigenvalue weighted by Crippen LogP contribution is -2.40. The predicted octanol–water partition coefficient (Wildman–Crippen LogP) is 0.771. The Balaban J connectivity index is 0.000000388. The highest BCUT2D eigenvalue weighted by atomic mass is 19.4. The fourth-order valence-electron chi connectivity index (χ4n) is 1.03. The fraction of sp³-hybridized carbons (Fsp3) is 0.778. The summed E-state index contributed by atoms with van der Waals surface area (Å²) in [6.45, 7) is 4.74. The largest absolute Gasteiger partial charge is 0.458 e. The zero-order chi connectivity index (χ0) is 15.3. The molecule has 1 saturated heterocycles. The molecule has 1 fully saturated rings. The van der Waals surface area contributed by atoms with Crippen LogP contribution in [0, 0.1) is 0 Å². The molecule has 1 aliphatic heterocycles. The molecule has 4 nitrogen and oxygen atoms in total. The van der Waals surface area contributed by atoms with Crippen LogP contribution in [0.3, 0.4) is 0 Å². The van der Waals surface area contributed by atoms with Gasteiger partial charge in [0.25, 0.3) is 0 Å². The minimum absolute atomic E-state index is 1.16. The van der Waals surface area contributed by atoms with Crippen LogP contribution in [0.1, 0.15) is 0 Å². The van der Waals surface area contributed by atoms with Gasteiger partial charge in [-0.15, -0.1) is 0 Å². The number of nitrogens with one attached hydrogen (secondary N) is 1. The topological polar surface area (TPSA) is 49.4 Å². The number of piperazine rings is 1. The summed E-state index contributed by atoms with van der Waals surface area (Å²) < 4.78 is 67.0. The van der Waals surface area contributed by atoms with Crippen LogP contribution in [0.4, 0.5) is 26.3 Å². The highest BCUT2D eigenvalue weighted by molar-refractivity contribution is 6.41. The highest BCUT2D eigenvalue weighted by Crippen LogP contribution is 2.23. The summed E-state index contributed by atoms with van der Waals surface area (Å²) in [5, 5.41) is 3.27. The van der Waals surface area contributed by atoms with Crippen LogP contribution in [0.5, 0.6) is 0 Å². The molecule has 0 radical (unpaired) electrons. The van der Waals surface area contributed by atoms with E-state index in [0.29, 0.717) is 0 Å². The number of hydrogen-bond donors (Lipinski definition) is 1. The van der Waals surface area contributed by atoms with E-state index >= 15 is 0 Å². The first kappa shape index (κ1) is 17.8. The van der Waals surface area contributed by atoms with E-state index in [1.54, 1.807) is 0 Å². The van der Waals surface area contributed by atoms with Crippen LogP contribution < -0.4 is 5.32 Å². The molecule has 0 bridgehead atoms. The summed E-state index contributed by atoms with van der Waals surface area (Å²) in [6.07, 6.45) is -11.5. The SMILES string of the molecule is CN1CC[15NH]CC1.O=C(C(=O)C(F)(F)F)C(F)(F)F. The number of rotatable bonds is 1. The molecule has 0 atom stereocenters. The summed E-state index contributed by atoms with van der Waals surface area (Å²) in [6, 6.07) is 0. The third-order valence-corrected chi connectivity index (χ3v) is 2.06. The van der Waals surface area contributed by atoms with Crippen molar-refractivity contribution in [2.45, 2.75) is 12.4 Å². The third kappa shape index (κ3) is 7.11.